The molecule has 0 aliphatic carbocycles. The molecule has 0 aliphatic rings. The van der Waals surface area contributed by atoms with Gasteiger partial charge in [-0.05, 0) is 103 Å². The van der Waals surface area contributed by atoms with Crippen LogP contribution in [-0.2, 0) is 10.8 Å². The minimum Gasteiger partial charge on any atom is -0.507 e. The first kappa shape index (κ1) is 29.5. The van der Waals surface area contributed by atoms with Crippen molar-refractivity contribution < 1.29 is 29.2 Å². The fourth-order valence-electron chi connectivity index (χ4n) is 3.92. The highest BCUT2D eigenvalue weighted by Gasteiger charge is 2.26. The lowest BCUT2D eigenvalue weighted by molar-refractivity contribution is 0.428. The summed E-state index contributed by atoms with van der Waals surface area (Å²) in [5, 5.41) is 37.5. The quantitative estimate of drug-likeness (QED) is 0.178. The topological polar surface area (TPSA) is 80.9 Å². The molecule has 0 aliphatic heterocycles. The lowest BCUT2D eigenvalue weighted by Gasteiger charge is -2.27. The fraction of sp³-hybridized carbons (Fsp3) is 0.200. The molecule has 4 aromatic carbocycles. The Labute approximate surface area is 237 Å². The molecule has 0 saturated carbocycles. The van der Waals surface area contributed by atoms with Gasteiger partial charge in [0.15, 0.2) is 23.1 Å². The van der Waals surface area contributed by atoms with Crippen LogP contribution >= 0.6 is 31.9 Å². The monoisotopic (exact) mass is 648 g/mol. The number of rotatable bonds is 4. The Balaban J connectivity index is 0.000000211. The van der Waals surface area contributed by atoms with Crippen molar-refractivity contribution in [1.82, 2.24) is 0 Å². The molecule has 0 saturated heterocycles. The number of benzene rings is 4. The zero-order valence-corrected chi connectivity index (χ0v) is 24.4. The first-order valence-electron chi connectivity index (χ1n) is 11.6. The average molecular weight is 650 g/mol. The van der Waals surface area contributed by atoms with Crippen molar-refractivity contribution >= 4 is 31.9 Å². The molecule has 0 fully saturated rings. The lowest BCUT2D eigenvalue weighted by Crippen LogP contribution is -2.19. The normalized spacial score (nSPS) is 11.6. The molecular formula is C30H28Br2F2O4. The molecule has 4 rings (SSSR count). The van der Waals surface area contributed by atoms with E-state index in [9.17, 15) is 29.2 Å². The maximum Gasteiger partial charge on any atom is 0.165 e. The Morgan fingerprint density at radius 3 is 1.00 bits per heavy atom. The van der Waals surface area contributed by atoms with Crippen LogP contribution in [0.1, 0.15) is 49.9 Å². The van der Waals surface area contributed by atoms with E-state index >= 15 is 0 Å². The maximum atomic E-state index is 13.4. The van der Waals surface area contributed by atoms with Crippen molar-refractivity contribution in [1.29, 1.82) is 0 Å². The van der Waals surface area contributed by atoms with Crippen LogP contribution in [0.5, 0.6) is 23.0 Å². The third-order valence-electron chi connectivity index (χ3n) is 6.68. The summed E-state index contributed by atoms with van der Waals surface area (Å²) in [4.78, 5) is 0. The second kappa shape index (κ2) is 11.3. The highest BCUT2D eigenvalue weighted by Crippen LogP contribution is 2.38. The highest BCUT2D eigenvalue weighted by molar-refractivity contribution is 9.10. The summed E-state index contributed by atoms with van der Waals surface area (Å²) in [6, 6.07) is 19.1. The highest BCUT2D eigenvalue weighted by atomic mass is 79.9. The summed E-state index contributed by atoms with van der Waals surface area (Å²) in [5.74, 6) is -1.82. The molecule has 0 spiro atoms. The summed E-state index contributed by atoms with van der Waals surface area (Å²) >= 11 is 6.68. The predicted molar refractivity (Wildman–Crippen MR) is 152 cm³/mol. The van der Waals surface area contributed by atoms with Gasteiger partial charge >= 0.3 is 0 Å². The van der Waals surface area contributed by atoms with Gasteiger partial charge in [0.25, 0.3) is 0 Å². The molecule has 0 amide bonds. The first-order valence-corrected chi connectivity index (χ1v) is 13.2. The molecule has 8 heteroatoms. The van der Waals surface area contributed by atoms with E-state index < -0.39 is 28.5 Å². The van der Waals surface area contributed by atoms with Crippen LogP contribution < -0.4 is 0 Å². The molecule has 0 atom stereocenters. The van der Waals surface area contributed by atoms with Gasteiger partial charge in [-0.2, -0.15) is 0 Å². The van der Waals surface area contributed by atoms with Gasteiger partial charge in [0.05, 0.1) is 8.95 Å². The molecule has 4 nitrogen and oxygen atoms in total. The Hall–Kier alpha value is -3.10. The van der Waals surface area contributed by atoms with Gasteiger partial charge in [-0.1, -0.05) is 52.0 Å². The van der Waals surface area contributed by atoms with Crippen molar-refractivity contribution in [2.75, 3.05) is 0 Å². The molecule has 200 valence electrons. The second-order valence-corrected chi connectivity index (χ2v) is 11.6. The molecule has 0 unspecified atom stereocenters. The summed E-state index contributed by atoms with van der Waals surface area (Å²) < 4.78 is 28.2. The number of hydrogen-bond acceptors (Lipinski definition) is 4. The van der Waals surface area contributed by atoms with Gasteiger partial charge in [-0.15, -0.1) is 0 Å². The van der Waals surface area contributed by atoms with E-state index in [-0.39, 0.29) is 16.9 Å². The average Bonchev–Trinajstić information content (AvgIpc) is 2.86. The number of halogens is 4. The maximum absolute atomic E-state index is 13.4. The van der Waals surface area contributed by atoms with Crippen molar-refractivity contribution in [3.05, 3.63) is 116 Å². The van der Waals surface area contributed by atoms with Crippen LogP contribution in [0.2, 0.25) is 0 Å². The van der Waals surface area contributed by atoms with Crippen LogP contribution in [0.15, 0.2) is 81.7 Å². The second-order valence-electron chi connectivity index (χ2n) is 9.91. The van der Waals surface area contributed by atoms with Crippen molar-refractivity contribution in [3.63, 3.8) is 0 Å². The van der Waals surface area contributed by atoms with Crippen LogP contribution in [0.25, 0.3) is 0 Å². The number of hydrogen-bond donors (Lipinski definition) is 4. The largest absolute Gasteiger partial charge is 0.507 e. The van der Waals surface area contributed by atoms with E-state index in [2.05, 4.69) is 45.7 Å². The van der Waals surface area contributed by atoms with E-state index in [4.69, 9.17) is 0 Å². The fourth-order valence-corrected chi connectivity index (χ4v) is 4.67. The number of phenolic OH excluding ortho intramolecular Hbond substituents is 4. The van der Waals surface area contributed by atoms with Gasteiger partial charge in [0, 0.05) is 10.8 Å². The molecule has 38 heavy (non-hydrogen) atoms. The molecule has 0 heterocycles. The smallest absolute Gasteiger partial charge is 0.165 e. The number of phenols is 4. The van der Waals surface area contributed by atoms with Crippen LogP contribution in [0.4, 0.5) is 8.78 Å². The summed E-state index contributed by atoms with van der Waals surface area (Å²) in [6.07, 6.45) is 0. The van der Waals surface area contributed by atoms with Gasteiger partial charge in [-0.3, -0.25) is 0 Å². The predicted octanol–water partition coefficient (Wildman–Crippen LogP) is 8.65. The molecule has 4 aromatic rings. The Morgan fingerprint density at radius 2 is 0.737 bits per heavy atom. The van der Waals surface area contributed by atoms with Crippen molar-refractivity contribution in [3.8, 4) is 23.0 Å². The standard InChI is InChI=1S/C15H14Br2O2.C15H14F2O2/c2*1-15(2,9-3-5-13(18)11(16)7-9)10-4-6-14(19)12(17)8-10/h2*3-8,18-19H,1-2H3. The number of aromatic hydroxyl groups is 4. The zero-order chi connectivity index (χ0) is 28.4. The summed E-state index contributed by atoms with van der Waals surface area (Å²) in [7, 11) is 0. The van der Waals surface area contributed by atoms with E-state index in [1.807, 2.05) is 38.1 Å². The van der Waals surface area contributed by atoms with E-state index in [1.54, 1.807) is 24.3 Å². The van der Waals surface area contributed by atoms with Gasteiger partial charge in [0.2, 0.25) is 0 Å². The SMILES string of the molecule is CC(C)(c1ccc(O)c(Br)c1)c1ccc(O)c(Br)c1.CC(C)(c1ccc(O)c(F)c1)c1ccc(O)c(F)c1. The van der Waals surface area contributed by atoms with Crippen molar-refractivity contribution in [2.45, 2.75) is 38.5 Å². The van der Waals surface area contributed by atoms with E-state index in [0.717, 1.165) is 11.1 Å². The van der Waals surface area contributed by atoms with Crippen LogP contribution in [-0.4, -0.2) is 20.4 Å². The van der Waals surface area contributed by atoms with Crippen LogP contribution in [0, 0.1) is 11.6 Å². The van der Waals surface area contributed by atoms with E-state index in [0.29, 0.717) is 20.1 Å². The van der Waals surface area contributed by atoms with E-state index in [1.165, 1.54) is 24.3 Å². The minimum atomic E-state index is -0.718. The van der Waals surface area contributed by atoms with Gasteiger partial charge in [0.1, 0.15) is 11.5 Å². The third-order valence-corrected chi connectivity index (χ3v) is 7.95. The first-order chi connectivity index (χ1) is 17.6. The van der Waals surface area contributed by atoms with Crippen LogP contribution in [0.3, 0.4) is 0 Å². The molecular weight excluding hydrogens is 622 g/mol. The minimum absolute atomic E-state index is 0.228. The molecule has 0 radical (unpaired) electrons. The Bertz CT molecular complexity index is 1250. The molecule has 0 bridgehead atoms. The Kier molecular flexibility index (Phi) is 8.79. The van der Waals surface area contributed by atoms with Gasteiger partial charge < -0.3 is 20.4 Å². The third kappa shape index (κ3) is 6.30. The summed E-state index contributed by atoms with van der Waals surface area (Å²) in [6.45, 7) is 7.82. The zero-order valence-electron chi connectivity index (χ0n) is 21.2. The Morgan fingerprint density at radius 1 is 0.474 bits per heavy atom. The molecule has 4 N–H and O–H groups in total. The summed E-state index contributed by atoms with van der Waals surface area (Å²) in [5.41, 5.74) is 2.49. The lowest BCUT2D eigenvalue weighted by atomic mass is 9.78. The van der Waals surface area contributed by atoms with Crippen molar-refractivity contribution in [2.24, 2.45) is 0 Å². The molecule has 0 aromatic heterocycles. The van der Waals surface area contributed by atoms with Gasteiger partial charge in [-0.25, -0.2) is 8.78 Å².